The van der Waals surface area contributed by atoms with Crippen molar-refractivity contribution in [1.29, 1.82) is 0 Å². The molecule has 1 fully saturated rings. The molecule has 0 saturated carbocycles. The van der Waals surface area contributed by atoms with E-state index in [1.54, 1.807) is 12.4 Å². The van der Waals surface area contributed by atoms with Gasteiger partial charge in [-0.25, -0.2) is 15.0 Å². The Kier molecular flexibility index (Phi) is 3.37. The predicted octanol–water partition coefficient (Wildman–Crippen LogP) is 1.09. The van der Waals surface area contributed by atoms with Gasteiger partial charge in [-0.05, 0) is 25.1 Å². The molecule has 0 radical (unpaired) electrons. The van der Waals surface area contributed by atoms with Crippen LogP contribution in [0.4, 0.5) is 17.3 Å². The quantitative estimate of drug-likeness (QED) is 0.880. The van der Waals surface area contributed by atoms with Crippen LogP contribution in [0.1, 0.15) is 5.82 Å². The van der Waals surface area contributed by atoms with E-state index in [4.69, 9.17) is 5.73 Å². The maximum atomic E-state index is 5.98. The molecule has 0 aliphatic carbocycles. The number of anilines is 3. The Hall–Kier alpha value is -2.37. The number of rotatable bonds is 2. The second kappa shape index (κ2) is 5.32. The molecule has 0 spiro atoms. The van der Waals surface area contributed by atoms with Gasteiger partial charge in [-0.1, -0.05) is 0 Å². The summed E-state index contributed by atoms with van der Waals surface area (Å²) in [5.74, 6) is 2.68. The van der Waals surface area contributed by atoms with E-state index in [1.807, 2.05) is 25.1 Å². The first-order valence-corrected chi connectivity index (χ1v) is 6.74. The van der Waals surface area contributed by atoms with Crippen molar-refractivity contribution in [3.8, 4) is 0 Å². The van der Waals surface area contributed by atoms with Gasteiger partial charge in [0.1, 0.15) is 11.6 Å². The molecule has 1 saturated heterocycles. The molecular formula is C14H18N6. The largest absolute Gasteiger partial charge is 0.396 e. The van der Waals surface area contributed by atoms with Gasteiger partial charge in [-0.2, -0.15) is 0 Å². The van der Waals surface area contributed by atoms with Gasteiger partial charge in [0.05, 0.1) is 5.69 Å². The normalized spacial score (nSPS) is 15.4. The van der Waals surface area contributed by atoms with Crippen molar-refractivity contribution >= 4 is 17.3 Å². The lowest BCUT2D eigenvalue weighted by atomic mass is 10.3. The fraction of sp³-hybridized carbons (Fsp3) is 0.357. The maximum absolute atomic E-state index is 5.98. The molecule has 0 atom stereocenters. The molecule has 1 aliphatic rings. The van der Waals surface area contributed by atoms with Crippen molar-refractivity contribution in [2.45, 2.75) is 6.92 Å². The van der Waals surface area contributed by atoms with Gasteiger partial charge in [0.2, 0.25) is 0 Å². The fourth-order valence-electron chi connectivity index (χ4n) is 2.44. The molecule has 6 nitrogen and oxygen atoms in total. The minimum atomic E-state index is 0.735. The van der Waals surface area contributed by atoms with Gasteiger partial charge in [0, 0.05) is 38.6 Å². The summed E-state index contributed by atoms with van der Waals surface area (Å²) in [5, 5.41) is 0. The van der Waals surface area contributed by atoms with E-state index >= 15 is 0 Å². The highest BCUT2D eigenvalue weighted by atomic mass is 15.3. The van der Waals surface area contributed by atoms with E-state index in [-0.39, 0.29) is 0 Å². The lowest BCUT2D eigenvalue weighted by molar-refractivity contribution is 0.641. The molecular weight excluding hydrogens is 252 g/mol. The second-order valence-corrected chi connectivity index (χ2v) is 4.85. The topological polar surface area (TPSA) is 71.2 Å². The van der Waals surface area contributed by atoms with Crippen LogP contribution in [-0.2, 0) is 0 Å². The minimum Gasteiger partial charge on any atom is -0.396 e. The monoisotopic (exact) mass is 270 g/mol. The Morgan fingerprint density at radius 1 is 1.00 bits per heavy atom. The van der Waals surface area contributed by atoms with Crippen LogP contribution in [0, 0.1) is 6.92 Å². The molecule has 6 heteroatoms. The van der Waals surface area contributed by atoms with Crippen LogP contribution in [0.2, 0.25) is 0 Å². The number of pyridine rings is 1. The standard InChI is InChI=1S/C14H18N6/c1-11-16-6-4-13(18-11)19-7-9-20(10-8-19)14-12(15)3-2-5-17-14/h2-6H,7-10,15H2,1H3. The first-order chi connectivity index (χ1) is 9.74. The molecule has 0 aromatic carbocycles. The smallest absolute Gasteiger partial charge is 0.151 e. The molecule has 0 bridgehead atoms. The molecule has 3 rings (SSSR count). The average Bonchev–Trinajstić information content (AvgIpc) is 2.48. The van der Waals surface area contributed by atoms with Crippen LogP contribution in [0.15, 0.2) is 30.6 Å². The van der Waals surface area contributed by atoms with E-state index < -0.39 is 0 Å². The number of aromatic nitrogens is 3. The number of aryl methyl sites for hydroxylation is 1. The Morgan fingerprint density at radius 3 is 2.45 bits per heavy atom. The zero-order valence-electron chi connectivity index (χ0n) is 11.5. The number of hydrogen-bond acceptors (Lipinski definition) is 6. The average molecular weight is 270 g/mol. The van der Waals surface area contributed by atoms with Crippen LogP contribution in [0.3, 0.4) is 0 Å². The minimum absolute atomic E-state index is 0.735. The highest BCUT2D eigenvalue weighted by Crippen LogP contribution is 2.22. The summed E-state index contributed by atoms with van der Waals surface area (Å²) in [7, 11) is 0. The number of piperazine rings is 1. The van der Waals surface area contributed by atoms with E-state index in [0.29, 0.717) is 0 Å². The first kappa shape index (κ1) is 12.7. The summed E-state index contributed by atoms with van der Waals surface area (Å²) in [6, 6.07) is 5.71. The molecule has 0 amide bonds. The van der Waals surface area contributed by atoms with E-state index in [1.165, 1.54) is 0 Å². The fourth-order valence-corrected chi connectivity index (χ4v) is 2.44. The Balaban J connectivity index is 1.70. The van der Waals surface area contributed by atoms with E-state index in [0.717, 1.165) is 49.3 Å². The van der Waals surface area contributed by atoms with Crippen LogP contribution >= 0.6 is 0 Å². The molecule has 2 N–H and O–H groups in total. The van der Waals surface area contributed by atoms with Gasteiger partial charge >= 0.3 is 0 Å². The maximum Gasteiger partial charge on any atom is 0.151 e. The van der Waals surface area contributed by atoms with Gasteiger partial charge in [0.25, 0.3) is 0 Å². The van der Waals surface area contributed by atoms with Crippen molar-refractivity contribution in [3.05, 3.63) is 36.4 Å². The third kappa shape index (κ3) is 2.49. The zero-order chi connectivity index (χ0) is 13.9. The number of nitrogens with two attached hydrogens (primary N) is 1. The van der Waals surface area contributed by atoms with Gasteiger partial charge in [0.15, 0.2) is 5.82 Å². The molecule has 3 heterocycles. The summed E-state index contributed by atoms with van der Waals surface area (Å²) in [4.78, 5) is 17.5. The van der Waals surface area contributed by atoms with Crippen molar-refractivity contribution in [1.82, 2.24) is 15.0 Å². The van der Waals surface area contributed by atoms with Gasteiger partial charge in [-0.3, -0.25) is 0 Å². The van der Waals surface area contributed by atoms with E-state index in [2.05, 4.69) is 24.8 Å². The predicted molar refractivity (Wildman–Crippen MR) is 79.8 cm³/mol. The molecule has 104 valence electrons. The van der Waals surface area contributed by atoms with Crippen molar-refractivity contribution in [3.63, 3.8) is 0 Å². The highest BCUT2D eigenvalue weighted by molar-refractivity contribution is 5.62. The van der Waals surface area contributed by atoms with Crippen molar-refractivity contribution < 1.29 is 0 Å². The zero-order valence-corrected chi connectivity index (χ0v) is 11.5. The Morgan fingerprint density at radius 2 is 1.75 bits per heavy atom. The number of hydrogen-bond donors (Lipinski definition) is 1. The summed E-state index contributed by atoms with van der Waals surface area (Å²) >= 11 is 0. The van der Waals surface area contributed by atoms with Gasteiger partial charge < -0.3 is 15.5 Å². The Bertz CT molecular complexity index is 592. The lowest BCUT2D eigenvalue weighted by Gasteiger charge is -2.36. The first-order valence-electron chi connectivity index (χ1n) is 6.74. The lowest BCUT2D eigenvalue weighted by Crippen LogP contribution is -2.47. The summed E-state index contributed by atoms with van der Waals surface area (Å²) in [6.07, 6.45) is 3.59. The Labute approximate surface area is 118 Å². The summed E-state index contributed by atoms with van der Waals surface area (Å²) in [5.41, 5.74) is 6.71. The van der Waals surface area contributed by atoms with Gasteiger partial charge in [-0.15, -0.1) is 0 Å². The van der Waals surface area contributed by atoms with Crippen LogP contribution in [0.25, 0.3) is 0 Å². The SMILES string of the molecule is Cc1nccc(N2CCN(c3ncccc3N)CC2)n1. The van der Waals surface area contributed by atoms with Crippen molar-refractivity contribution in [2.75, 3.05) is 41.7 Å². The third-order valence-electron chi connectivity index (χ3n) is 3.48. The highest BCUT2D eigenvalue weighted by Gasteiger charge is 2.20. The summed E-state index contributed by atoms with van der Waals surface area (Å²) in [6.45, 7) is 5.52. The van der Waals surface area contributed by atoms with Crippen molar-refractivity contribution in [2.24, 2.45) is 0 Å². The van der Waals surface area contributed by atoms with Crippen LogP contribution in [-0.4, -0.2) is 41.1 Å². The molecule has 1 aliphatic heterocycles. The number of nitrogen functional groups attached to an aromatic ring is 1. The van der Waals surface area contributed by atoms with Crippen LogP contribution in [0.5, 0.6) is 0 Å². The molecule has 2 aromatic heterocycles. The number of nitrogens with zero attached hydrogens (tertiary/aromatic N) is 5. The molecule has 0 unspecified atom stereocenters. The molecule has 2 aromatic rings. The molecule has 20 heavy (non-hydrogen) atoms. The third-order valence-corrected chi connectivity index (χ3v) is 3.48. The summed E-state index contributed by atoms with van der Waals surface area (Å²) < 4.78 is 0. The van der Waals surface area contributed by atoms with E-state index in [9.17, 15) is 0 Å². The van der Waals surface area contributed by atoms with Crippen LogP contribution < -0.4 is 15.5 Å². The second-order valence-electron chi connectivity index (χ2n) is 4.85.